The Morgan fingerprint density at radius 3 is 1.43 bits per heavy atom. The molecule has 5 nitrogen and oxygen atoms in total. The van der Waals surface area contributed by atoms with Gasteiger partial charge in [0.15, 0.2) is 0 Å². The Balaban J connectivity index is 4.22. The van der Waals surface area contributed by atoms with Crippen LogP contribution in [0.1, 0.15) is 233 Å². The predicted octanol–water partition coefficient (Wildman–Crippen LogP) is 12.7. The molecule has 2 N–H and O–H groups in total. The number of carbonyl (C=O) groups excluding carboxylic acids is 1. The third-order valence-electron chi connectivity index (χ3n) is 10.5. The molecule has 0 aromatic heterocycles. The second-order valence-corrected chi connectivity index (χ2v) is 15.5. The van der Waals surface area contributed by atoms with Gasteiger partial charge in [-0.25, -0.2) is 0 Å². The Morgan fingerprint density at radius 2 is 0.939 bits per heavy atom. The third-order valence-corrected chi connectivity index (χ3v) is 10.5. The summed E-state index contributed by atoms with van der Waals surface area (Å²) >= 11 is 0. The minimum absolute atomic E-state index is 0.0127. The van der Waals surface area contributed by atoms with E-state index in [-0.39, 0.29) is 18.7 Å². The summed E-state index contributed by atoms with van der Waals surface area (Å²) in [6.07, 6.45) is 40.4. The highest BCUT2D eigenvalue weighted by Crippen LogP contribution is 2.24. The number of rotatable bonds is 41. The molecule has 294 valence electrons. The number of ether oxygens (including phenoxy) is 1. The van der Waals surface area contributed by atoms with Gasteiger partial charge < -0.3 is 19.8 Å². The van der Waals surface area contributed by atoms with Gasteiger partial charge in [-0.15, -0.1) is 0 Å². The lowest BCUT2D eigenvalue weighted by Crippen LogP contribution is -2.35. The fourth-order valence-corrected chi connectivity index (χ4v) is 7.31. The van der Waals surface area contributed by atoms with E-state index >= 15 is 0 Å². The maximum absolute atomic E-state index is 12.0. The van der Waals surface area contributed by atoms with Crippen LogP contribution in [0.15, 0.2) is 0 Å². The summed E-state index contributed by atoms with van der Waals surface area (Å²) in [6, 6.07) is 0. The third kappa shape index (κ3) is 36.9. The van der Waals surface area contributed by atoms with Gasteiger partial charge in [-0.2, -0.15) is 0 Å². The van der Waals surface area contributed by atoms with Gasteiger partial charge in [-0.1, -0.05) is 194 Å². The van der Waals surface area contributed by atoms with Gasteiger partial charge in [0, 0.05) is 26.1 Å². The van der Waals surface area contributed by atoms with Gasteiger partial charge in [0.1, 0.15) is 0 Å². The Bertz CT molecular complexity index is 644. The Morgan fingerprint density at radius 1 is 0.531 bits per heavy atom. The Labute approximate surface area is 307 Å². The zero-order chi connectivity index (χ0) is 35.9. The summed E-state index contributed by atoms with van der Waals surface area (Å²) in [4.78, 5) is 14.4. The molecule has 0 aliphatic carbocycles. The van der Waals surface area contributed by atoms with Crippen LogP contribution < -0.4 is 0 Å². The van der Waals surface area contributed by atoms with Crippen molar-refractivity contribution in [1.82, 2.24) is 4.90 Å². The summed E-state index contributed by atoms with van der Waals surface area (Å²) in [7, 11) is 0. The van der Waals surface area contributed by atoms with Crippen molar-refractivity contribution >= 4 is 5.97 Å². The number of hydrogen-bond acceptors (Lipinski definition) is 5. The molecule has 5 heteroatoms. The molecule has 0 spiro atoms. The van der Waals surface area contributed by atoms with Crippen LogP contribution in [0.25, 0.3) is 0 Å². The van der Waals surface area contributed by atoms with Crippen molar-refractivity contribution in [2.24, 2.45) is 5.92 Å². The lowest BCUT2D eigenvalue weighted by Gasteiger charge is -2.27. The second kappa shape index (κ2) is 40.1. The number of unbranched alkanes of at least 4 members (excludes halogenated alkanes) is 24. The lowest BCUT2D eigenvalue weighted by atomic mass is 9.89. The van der Waals surface area contributed by atoms with E-state index in [1.54, 1.807) is 0 Å². The van der Waals surface area contributed by atoms with E-state index in [0.29, 0.717) is 18.9 Å². The maximum Gasteiger partial charge on any atom is 0.305 e. The highest BCUT2D eigenvalue weighted by atomic mass is 16.5. The molecule has 2 unspecified atom stereocenters. The van der Waals surface area contributed by atoms with Crippen molar-refractivity contribution in [3.63, 3.8) is 0 Å². The van der Waals surface area contributed by atoms with Crippen LogP contribution >= 0.6 is 0 Å². The molecular weight excluding hydrogens is 606 g/mol. The van der Waals surface area contributed by atoms with E-state index in [1.165, 1.54) is 173 Å². The SMILES string of the molecule is CCCCCCCCCCC(CCCCCCCC)CC(O)CN(CCCO)CCCCCCCCCCC(=O)OCCCCCCCC. The van der Waals surface area contributed by atoms with Gasteiger partial charge in [0.05, 0.1) is 12.7 Å². The van der Waals surface area contributed by atoms with Crippen LogP contribution in [0, 0.1) is 5.92 Å². The van der Waals surface area contributed by atoms with Crippen molar-refractivity contribution in [3.8, 4) is 0 Å². The van der Waals surface area contributed by atoms with Gasteiger partial charge in [0.2, 0.25) is 0 Å². The monoisotopic (exact) mass is 696 g/mol. The zero-order valence-electron chi connectivity index (χ0n) is 33.7. The summed E-state index contributed by atoms with van der Waals surface area (Å²) in [5.74, 6) is 0.637. The number of aliphatic hydroxyl groups is 2. The van der Waals surface area contributed by atoms with Crippen LogP contribution in [0.3, 0.4) is 0 Å². The molecule has 0 aliphatic heterocycles. The highest BCUT2D eigenvalue weighted by molar-refractivity contribution is 5.69. The van der Waals surface area contributed by atoms with Gasteiger partial charge >= 0.3 is 5.97 Å². The molecule has 0 bridgehead atoms. The number of carbonyl (C=O) groups is 1. The number of aliphatic hydroxyl groups excluding tert-OH is 2. The quantitative estimate of drug-likeness (QED) is 0.0492. The first-order chi connectivity index (χ1) is 24.1. The normalized spacial score (nSPS) is 12.9. The van der Waals surface area contributed by atoms with Gasteiger partial charge in [-0.3, -0.25) is 4.79 Å². The number of esters is 1. The predicted molar refractivity (Wildman–Crippen MR) is 213 cm³/mol. The summed E-state index contributed by atoms with van der Waals surface area (Å²) in [5, 5.41) is 20.7. The summed E-state index contributed by atoms with van der Waals surface area (Å²) < 4.78 is 5.40. The summed E-state index contributed by atoms with van der Waals surface area (Å²) in [6.45, 7) is 10.3. The fourth-order valence-electron chi connectivity index (χ4n) is 7.31. The molecule has 0 rings (SSSR count). The molecule has 0 heterocycles. The number of nitrogens with zero attached hydrogens (tertiary/aromatic N) is 1. The molecule has 0 fully saturated rings. The van der Waals surface area contributed by atoms with E-state index in [1.807, 2.05) is 0 Å². The molecule has 2 atom stereocenters. The number of hydrogen-bond donors (Lipinski definition) is 2. The minimum atomic E-state index is -0.259. The Hall–Kier alpha value is -0.650. The van der Waals surface area contributed by atoms with Crippen molar-refractivity contribution in [3.05, 3.63) is 0 Å². The van der Waals surface area contributed by atoms with Crippen LogP contribution in [0.5, 0.6) is 0 Å². The van der Waals surface area contributed by atoms with Crippen LogP contribution in [-0.2, 0) is 9.53 Å². The van der Waals surface area contributed by atoms with E-state index in [4.69, 9.17) is 4.74 Å². The first-order valence-corrected chi connectivity index (χ1v) is 22.2. The van der Waals surface area contributed by atoms with E-state index in [2.05, 4.69) is 25.7 Å². The smallest absolute Gasteiger partial charge is 0.305 e. The molecular formula is C44H89NO4. The average Bonchev–Trinajstić information content (AvgIpc) is 3.09. The molecule has 0 saturated heterocycles. The van der Waals surface area contributed by atoms with E-state index in [0.717, 1.165) is 51.7 Å². The van der Waals surface area contributed by atoms with Crippen LogP contribution in [-0.4, -0.2) is 60.0 Å². The lowest BCUT2D eigenvalue weighted by molar-refractivity contribution is -0.143. The van der Waals surface area contributed by atoms with Gasteiger partial charge in [0.25, 0.3) is 0 Å². The van der Waals surface area contributed by atoms with Crippen molar-refractivity contribution in [2.75, 3.05) is 32.8 Å². The Kier molecular flexibility index (Phi) is 39.6. The van der Waals surface area contributed by atoms with E-state index in [9.17, 15) is 15.0 Å². The van der Waals surface area contributed by atoms with E-state index < -0.39 is 0 Å². The molecule has 0 aromatic carbocycles. The fraction of sp³-hybridized carbons (Fsp3) is 0.977. The molecule has 49 heavy (non-hydrogen) atoms. The molecule has 0 radical (unpaired) electrons. The van der Waals surface area contributed by atoms with Crippen molar-refractivity contribution in [1.29, 1.82) is 0 Å². The first kappa shape index (κ1) is 48.3. The summed E-state index contributed by atoms with van der Waals surface area (Å²) in [5.41, 5.74) is 0. The van der Waals surface area contributed by atoms with Crippen molar-refractivity contribution < 1.29 is 19.7 Å². The van der Waals surface area contributed by atoms with Crippen LogP contribution in [0.4, 0.5) is 0 Å². The topological polar surface area (TPSA) is 70.0 Å². The molecule has 0 amide bonds. The first-order valence-electron chi connectivity index (χ1n) is 22.2. The minimum Gasteiger partial charge on any atom is -0.466 e. The maximum atomic E-state index is 12.0. The largest absolute Gasteiger partial charge is 0.466 e. The zero-order valence-corrected chi connectivity index (χ0v) is 33.7. The molecule has 0 aromatic rings. The van der Waals surface area contributed by atoms with Crippen LogP contribution in [0.2, 0.25) is 0 Å². The van der Waals surface area contributed by atoms with Gasteiger partial charge in [-0.05, 0) is 44.6 Å². The van der Waals surface area contributed by atoms with Crippen molar-refractivity contribution in [2.45, 2.75) is 239 Å². The molecule has 0 aliphatic rings. The second-order valence-electron chi connectivity index (χ2n) is 15.5. The highest BCUT2D eigenvalue weighted by Gasteiger charge is 2.18. The average molecular weight is 696 g/mol. The standard InChI is InChI=1S/C44H89NO4/c1-4-7-10-13-16-19-23-28-34-42(33-27-22-14-11-8-5-2)40-43(47)41-45(37-32-38-46)36-30-25-21-18-17-20-24-29-35-44(48)49-39-31-26-15-12-9-6-3/h42-43,46-47H,4-41H2,1-3H3. The molecule has 0 saturated carbocycles.